The van der Waals surface area contributed by atoms with Crippen LogP contribution in [0.2, 0.25) is 0 Å². The first-order chi connectivity index (χ1) is 8.58. The zero-order chi connectivity index (χ0) is 13.1. The number of nitrogens with zero attached hydrogens (tertiary/aromatic N) is 1. The predicted molar refractivity (Wildman–Crippen MR) is 77.2 cm³/mol. The van der Waals surface area contributed by atoms with Crippen molar-refractivity contribution in [2.45, 2.75) is 13.5 Å². The van der Waals surface area contributed by atoms with E-state index in [2.05, 4.69) is 21.2 Å². The minimum Gasteiger partial charge on any atom is -0.381 e. The molecule has 1 aromatic carbocycles. The Labute approximate surface area is 117 Å². The molecule has 0 fully saturated rings. The van der Waals surface area contributed by atoms with Crippen molar-refractivity contribution in [1.29, 1.82) is 0 Å². The van der Waals surface area contributed by atoms with Gasteiger partial charge in [-0.1, -0.05) is 33.3 Å². The molecule has 0 unspecified atom stereocenters. The summed E-state index contributed by atoms with van der Waals surface area (Å²) in [4.78, 5) is 10.2. The van der Waals surface area contributed by atoms with Crippen LogP contribution in [0, 0.1) is 17.0 Å². The van der Waals surface area contributed by atoms with Gasteiger partial charge in [0.15, 0.2) is 0 Å². The van der Waals surface area contributed by atoms with Crippen LogP contribution < -0.4 is 5.32 Å². The van der Waals surface area contributed by atoms with Crippen LogP contribution in [0.3, 0.4) is 0 Å². The van der Waals surface area contributed by atoms with E-state index < -0.39 is 0 Å². The largest absolute Gasteiger partial charge is 0.381 e. The van der Waals surface area contributed by atoms with Gasteiger partial charge < -0.3 is 5.32 Å². The summed E-state index contributed by atoms with van der Waals surface area (Å²) in [5.41, 5.74) is 3.08. The Balaban J connectivity index is 2.07. The van der Waals surface area contributed by atoms with E-state index in [1.807, 2.05) is 25.1 Å². The minimum atomic E-state index is -0.363. The van der Waals surface area contributed by atoms with Crippen molar-refractivity contribution in [3.63, 3.8) is 0 Å². The third kappa shape index (κ3) is 2.88. The van der Waals surface area contributed by atoms with Gasteiger partial charge in [-0.05, 0) is 30.2 Å². The number of hydrogen-bond acceptors (Lipinski definition) is 4. The highest BCUT2D eigenvalue weighted by molar-refractivity contribution is 9.10. The second kappa shape index (κ2) is 5.49. The van der Waals surface area contributed by atoms with Crippen LogP contribution in [0.1, 0.15) is 11.1 Å². The Morgan fingerprint density at radius 1 is 1.50 bits per heavy atom. The molecule has 0 saturated heterocycles. The molecule has 0 amide bonds. The fourth-order valence-corrected chi connectivity index (χ4v) is 2.64. The van der Waals surface area contributed by atoms with Gasteiger partial charge in [0, 0.05) is 28.2 Å². The summed E-state index contributed by atoms with van der Waals surface area (Å²) in [6.07, 6.45) is 0. The lowest BCUT2D eigenvalue weighted by atomic mass is 10.2. The molecule has 0 spiro atoms. The molecule has 0 aliphatic rings. The van der Waals surface area contributed by atoms with E-state index >= 15 is 0 Å². The lowest BCUT2D eigenvalue weighted by Gasteiger charge is -2.09. The van der Waals surface area contributed by atoms with Crippen molar-refractivity contribution in [3.05, 3.63) is 55.4 Å². The normalized spacial score (nSPS) is 10.3. The Kier molecular flexibility index (Phi) is 3.98. The van der Waals surface area contributed by atoms with Gasteiger partial charge in [-0.25, -0.2) is 0 Å². The summed E-state index contributed by atoms with van der Waals surface area (Å²) in [6.45, 7) is 2.60. The standard InChI is InChI=1S/C12H11BrN2O2S/c1-8-10(13)3-2-4-11(8)14-6-9-5-12(15(16)17)18-7-9/h2-5,7,14H,6H2,1H3. The van der Waals surface area contributed by atoms with Gasteiger partial charge in [0.05, 0.1) is 4.92 Å². The molecule has 1 heterocycles. The molecule has 0 radical (unpaired) electrons. The molecule has 1 aromatic heterocycles. The Hall–Kier alpha value is -1.40. The summed E-state index contributed by atoms with van der Waals surface area (Å²) >= 11 is 4.62. The van der Waals surface area contributed by atoms with Crippen LogP contribution in [0.15, 0.2) is 34.1 Å². The van der Waals surface area contributed by atoms with Gasteiger partial charge in [-0.3, -0.25) is 10.1 Å². The monoisotopic (exact) mass is 326 g/mol. The van der Waals surface area contributed by atoms with Crippen LogP contribution in [-0.4, -0.2) is 4.92 Å². The van der Waals surface area contributed by atoms with Gasteiger partial charge in [0.2, 0.25) is 0 Å². The first kappa shape index (κ1) is 13.0. The van der Waals surface area contributed by atoms with E-state index in [9.17, 15) is 10.1 Å². The van der Waals surface area contributed by atoms with E-state index in [-0.39, 0.29) is 9.92 Å². The molecule has 6 heteroatoms. The van der Waals surface area contributed by atoms with Crippen LogP contribution in [-0.2, 0) is 6.54 Å². The van der Waals surface area contributed by atoms with Crippen molar-refractivity contribution in [3.8, 4) is 0 Å². The number of rotatable bonds is 4. The van der Waals surface area contributed by atoms with Gasteiger partial charge in [0.1, 0.15) is 0 Å². The summed E-state index contributed by atoms with van der Waals surface area (Å²) in [5.74, 6) is 0. The van der Waals surface area contributed by atoms with Crippen molar-refractivity contribution >= 4 is 38.0 Å². The van der Waals surface area contributed by atoms with Crippen molar-refractivity contribution in [2.24, 2.45) is 0 Å². The molecule has 1 N–H and O–H groups in total. The summed E-state index contributed by atoms with van der Waals surface area (Å²) in [5, 5.41) is 15.8. The first-order valence-corrected chi connectivity index (χ1v) is 6.96. The average molecular weight is 327 g/mol. The minimum absolute atomic E-state index is 0.178. The number of nitrogens with one attached hydrogen (secondary N) is 1. The lowest BCUT2D eigenvalue weighted by Crippen LogP contribution is -2.00. The van der Waals surface area contributed by atoms with E-state index in [1.54, 1.807) is 11.4 Å². The van der Waals surface area contributed by atoms with E-state index in [1.165, 1.54) is 0 Å². The molecule has 94 valence electrons. The molecule has 0 aliphatic carbocycles. The molecule has 0 bridgehead atoms. The number of benzene rings is 1. The maximum absolute atomic E-state index is 10.6. The van der Waals surface area contributed by atoms with Gasteiger partial charge in [0.25, 0.3) is 0 Å². The fourth-order valence-electron chi connectivity index (χ4n) is 1.55. The van der Waals surface area contributed by atoms with Gasteiger partial charge >= 0.3 is 5.00 Å². The van der Waals surface area contributed by atoms with E-state index in [0.29, 0.717) is 6.54 Å². The fraction of sp³-hybridized carbons (Fsp3) is 0.167. The summed E-state index contributed by atoms with van der Waals surface area (Å²) in [7, 11) is 0. The lowest BCUT2D eigenvalue weighted by molar-refractivity contribution is -0.380. The van der Waals surface area contributed by atoms with Crippen LogP contribution in [0.5, 0.6) is 0 Å². The van der Waals surface area contributed by atoms with Crippen molar-refractivity contribution in [1.82, 2.24) is 0 Å². The highest BCUT2D eigenvalue weighted by Gasteiger charge is 2.09. The Morgan fingerprint density at radius 2 is 2.28 bits per heavy atom. The maximum atomic E-state index is 10.6. The number of nitro groups is 1. The van der Waals surface area contributed by atoms with Crippen molar-refractivity contribution < 1.29 is 4.92 Å². The molecular formula is C12H11BrN2O2S. The molecule has 0 saturated carbocycles. The van der Waals surface area contributed by atoms with Crippen molar-refractivity contribution in [2.75, 3.05) is 5.32 Å². The SMILES string of the molecule is Cc1c(Br)cccc1NCc1csc([N+](=O)[O-])c1. The zero-order valence-electron chi connectivity index (χ0n) is 9.64. The topological polar surface area (TPSA) is 55.2 Å². The molecular weight excluding hydrogens is 316 g/mol. The second-order valence-electron chi connectivity index (χ2n) is 3.82. The molecule has 2 rings (SSSR count). The molecule has 4 nitrogen and oxygen atoms in total. The zero-order valence-corrected chi connectivity index (χ0v) is 12.0. The van der Waals surface area contributed by atoms with E-state index in [0.717, 1.165) is 32.6 Å². The molecule has 0 aliphatic heterocycles. The smallest absolute Gasteiger partial charge is 0.324 e. The number of hydrogen-bond donors (Lipinski definition) is 1. The predicted octanol–water partition coefficient (Wildman–Crippen LogP) is 4.34. The quantitative estimate of drug-likeness (QED) is 0.671. The van der Waals surface area contributed by atoms with Crippen LogP contribution >= 0.6 is 27.3 Å². The first-order valence-electron chi connectivity index (χ1n) is 5.28. The van der Waals surface area contributed by atoms with Crippen LogP contribution in [0.4, 0.5) is 10.7 Å². The highest BCUT2D eigenvalue weighted by Crippen LogP contribution is 2.26. The summed E-state index contributed by atoms with van der Waals surface area (Å²) in [6, 6.07) is 7.53. The maximum Gasteiger partial charge on any atom is 0.324 e. The third-order valence-corrected chi connectivity index (χ3v) is 4.36. The Morgan fingerprint density at radius 3 is 2.94 bits per heavy atom. The molecule has 18 heavy (non-hydrogen) atoms. The van der Waals surface area contributed by atoms with Gasteiger partial charge in [-0.2, -0.15) is 0 Å². The number of anilines is 1. The average Bonchev–Trinajstić information content (AvgIpc) is 2.80. The van der Waals surface area contributed by atoms with Crippen LogP contribution in [0.25, 0.3) is 0 Å². The van der Waals surface area contributed by atoms with Gasteiger partial charge in [-0.15, -0.1) is 0 Å². The van der Waals surface area contributed by atoms with E-state index in [4.69, 9.17) is 0 Å². The molecule has 2 aromatic rings. The molecule has 0 atom stereocenters. The summed E-state index contributed by atoms with van der Waals surface area (Å²) < 4.78 is 1.05. The third-order valence-electron chi connectivity index (χ3n) is 2.57. The number of thiophene rings is 1. The second-order valence-corrected chi connectivity index (χ2v) is 5.56. The Bertz CT molecular complexity index is 583. The number of halogens is 1. The highest BCUT2D eigenvalue weighted by atomic mass is 79.9.